The monoisotopic (exact) mass is 444 g/mol. The van der Waals surface area contributed by atoms with Crippen molar-refractivity contribution in [3.63, 3.8) is 0 Å². The van der Waals surface area contributed by atoms with Gasteiger partial charge in [-0.05, 0) is 59.1 Å². The molecule has 3 atom stereocenters. The van der Waals surface area contributed by atoms with Crippen LogP contribution in [0.15, 0.2) is 24.3 Å². The first-order valence-electron chi connectivity index (χ1n) is 10.9. The van der Waals surface area contributed by atoms with Crippen LogP contribution in [0.5, 0.6) is 0 Å². The summed E-state index contributed by atoms with van der Waals surface area (Å²) in [5.41, 5.74) is 1.48. The van der Waals surface area contributed by atoms with Gasteiger partial charge >= 0.3 is 0 Å². The third-order valence-corrected chi connectivity index (χ3v) is 7.59. The van der Waals surface area contributed by atoms with Gasteiger partial charge in [0.1, 0.15) is 17.5 Å². The molecule has 168 valence electrons. The van der Waals surface area contributed by atoms with Gasteiger partial charge in [0, 0.05) is 28.4 Å². The van der Waals surface area contributed by atoms with Crippen molar-refractivity contribution in [3.8, 4) is 0 Å². The minimum atomic E-state index is -0.669. The number of amides is 3. The highest BCUT2D eigenvalue weighted by Gasteiger charge is 2.48. The minimum absolute atomic E-state index is 0.0409. The van der Waals surface area contributed by atoms with Gasteiger partial charge in [-0.2, -0.15) is 0 Å². The number of carbonyl (C=O) groups is 3. The van der Waals surface area contributed by atoms with Crippen LogP contribution < -0.4 is 16.0 Å². The van der Waals surface area contributed by atoms with Crippen molar-refractivity contribution in [3.05, 3.63) is 35.4 Å². The van der Waals surface area contributed by atoms with Crippen molar-refractivity contribution in [1.82, 2.24) is 20.9 Å². The molecule has 1 aromatic carbocycles. The maximum Gasteiger partial charge on any atom is 0.256 e. The smallest absolute Gasteiger partial charge is 0.256 e. The van der Waals surface area contributed by atoms with Gasteiger partial charge in [-0.25, -0.2) is 0 Å². The Hall–Kier alpha value is -2.06. The van der Waals surface area contributed by atoms with Crippen LogP contribution in [0.4, 0.5) is 0 Å². The average molecular weight is 445 g/mol. The number of thioether (sulfide) groups is 1. The lowest BCUT2D eigenvalue weighted by atomic mass is 9.79. The number of hydrogen-bond donors (Lipinski definition) is 3. The zero-order valence-corrected chi connectivity index (χ0v) is 19.6. The molecule has 0 radical (unpaired) electrons. The quantitative estimate of drug-likeness (QED) is 0.662. The second kappa shape index (κ2) is 7.81. The number of piperidine rings is 1. The molecule has 3 aliphatic heterocycles. The highest BCUT2D eigenvalue weighted by atomic mass is 32.2. The molecule has 3 unspecified atom stereocenters. The zero-order chi connectivity index (χ0) is 22.6. The molecule has 31 heavy (non-hydrogen) atoms. The summed E-state index contributed by atoms with van der Waals surface area (Å²) in [4.78, 5) is 40.3. The van der Waals surface area contributed by atoms with Crippen molar-refractivity contribution < 1.29 is 14.4 Å². The Morgan fingerprint density at radius 2 is 1.81 bits per heavy atom. The first-order chi connectivity index (χ1) is 14.5. The summed E-state index contributed by atoms with van der Waals surface area (Å²) < 4.78 is 0. The Morgan fingerprint density at radius 1 is 1.16 bits per heavy atom. The fourth-order valence-electron chi connectivity index (χ4n) is 5.37. The van der Waals surface area contributed by atoms with Crippen LogP contribution in [-0.2, 0) is 9.59 Å². The van der Waals surface area contributed by atoms with Crippen LogP contribution in [0.2, 0.25) is 0 Å². The van der Waals surface area contributed by atoms with Crippen LogP contribution >= 0.6 is 11.8 Å². The molecule has 2 saturated heterocycles. The van der Waals surface area contributed by atoms with E-state index in [-0.39, 0.29) is 40.2 Å². The summed E-state index contributed by atoms with van der Waals surface area (Å²) in [5, 5.41) is 9.44. The van der Waals surface area contributed by atoms with Crippen molar-refractivity contribution in [2.45, 2.75) is 82.0 Å². The number of benzene rings is 1. The van der Waals surface area contributed by atoms with Gasteiger partial charge in [0.15, 0.2) is 0 Å². The van der Waals surface area contributed by atoms with Crippen molar-refractivity contribution in [2.75, 3.05) is 5.75 Å². The van der Waals surface area contributed by atoms with E-state index in [0.717, 1.165) is 18.4 Å². The summed E-state index contributed by atoms with van der Waals surface area (Å²) in [5.74, 6) is -0.0430. The summed E-state index contributed by atoms with van der Waals surface area (Å²) in [7, 11) is 0. The van der Waals surface area contributed by atoms with E-state index in [4.69, 9.17) is 0 Å². The van der Waals surface area contributed by atoms with Gasteiger partial charge in [0.2, 0.25) is 11.8 Å². The average Bonchev–Trinajstić information content (AvgIpc) is 3.19. The number of fused-ring (bicyclic) bond motifs is 3. The van der Waals surface area contributed by atoms with Crippen LogP contribution in [0.25, 0.3) is 0 Å². The Balaban J connectivity index is 1.37. The van der Waals surface area contributed by atoms with E-state index in [1.165, 1.54) is 0 Å². The molecule has 7 nitrogen and oxygen atoms in total. The second-order valence-corrected chi connectivity index (χ2v) is 11.4. The maximum absolute atomic E-state index is 13.0. The number of rotatable bonds is 4. The molecule has 3 amide bonds. The number of nitrogens with one attached hydrogen (secondary N) is 3. The van der Waals surface area contributed by atoms with Crippen LogP contribution in [0.1, 0.15) is 68.8 Å². The van der Waals surface area contributed by atoms with Crippen molar-refractivity contribution in [2.24, 2.45) is 0 Å². The molecule has 0 spiro atoms. The maximum atomic E-state index is 13.0. The van der Waals surface area contributed by atoms with Crippen LogP contribution in [0.3, 0.4) is 0 Å². The van der Waals surface area contributed by atoms with E-state index < -0.39 is 12.1 Å². The van der Waals surface area contributed by atoms with Crippen molar-refractivity contribution >= 4 is 29.5 Å². The minimum Gasteiger partial charge on any atom is -0.351 e. The standard InChI is InChI=1S/C23H32N4O3S/c1-13(18(28)25-14-10-22(2,3)26-23(4,5)11-14)24-19(29)17-12-31-21-16-9-7-6-8-15(16)20(30)27(17)21/h6-9,13-14,17,21,26H,10-12H2,1-5H3,(H,24,29)(H,25,28). The predicted molar refractivity (Wildman–Crippen MR) is 122 cm³/mol. The largest absolute Gasteiger partial charge is 0.351 e. The summed E-state index contributed by atoms with van der Waals surface area (Å²) >= 11 is 1.60. The lowest BCUT2D eigenvalue weighted by Crippen LogP contribution is -2.63. The third kappa shape index (κ3) is 4.32. The predicted octanol–water partition coefficient (Wildman–Crippen LogP) is 2.19. The Morgan fingerprint density at radius 3 is 2.48 bits per heavy atom. The molecule has 3 N–H and O–H groups in total. The molecule has 0 saturated carbocycles. The van der Waals surface area contributed by atoms with Crippen LogP contribution in [0, 0.1) is 0 Å². The topological polar surface area (TPSA) is 90.5 Å². The number of hydrogen-bond acceptors (Lipinski definition) is 5. The fraction of sp³-hybridized carbons (Fsp3) is 0.609. The molecule has 3 aliphatic rings. The van der Waals surface area contributed by atoms with Gasteiger partial charge in [0.25, 0.3) is 5.91 Å². The molecule has 8 heteroatoms. The Kier molecular flexibility index (Phi) is 5.58. The van der Waals surface area contributed by atoms with Crippen LogP contribution in [-0.4, -0.2) is 57.6 Å². The molecule has 4 rings (SSSR count). The normalized spacial score (nSPS) is 27.4. The molecule has 3 heterocycles. The van der Waals surface area contributed by atoms with E-state index in [1.54, 1.807) is 23.6 Å². The summed E-state index contributed by atoms with van der Waals surface area (Å²) in [6.07, 6.45) is 1.65. The van der Waals surface area contributed by atoms with Gasteiger partial charge in [-0.1, -0.05) is 18.2 Å². The highest BCUT2D eigenvalue weighted by Crippen LogP contribution is 2.48. The third-order valence-electron chi connectivity index (χ3n) is 6.28. The Bertz CT molecular complexity index is 900. The molecule has 0 bridgehead atoms. The lowest BCUT2D eigenvalue weighted by Gasteiger charge is -2.46. The van der Waals surface area contributed by atoms with Gasteiger partial charge in [-0.15, -0.1) is 11.8 Å². The van der Waals surface area contributed by atoms with E-state index in [0.29, 0.717) is 11.3 Å². The molecular formula is C23H32N4O3S. The second-order valence-electron chi connectivity index (χ2n) is 10.2. The number of nitrogens with zero attached hydrogens (tertiary/aromatic N) is 1. The molecule has 0 aliphatic carbocycles. The SMILES string of the molecule is CC(NC(=O)C1CSC2c3ccccc3C(=O)N12)C(=O)NC1CC(C)(C)NC(C)(C)C1. The van der Waals surface area contributed by atoms with E-state index >= 15 is 0 Å². The van der Waals surface area contributed by atoms with E-state index in [9.17, 15) is 14.4 Å². The molecule has 0 aromatic heterocycles. The first kappa shape index (κ1) is 22.1. The fourth-order valence-corrected chi connectivity index (χ4v) is 6.83. The van der Waals surface area contributed by atoms with Gasteiger partial charge in [-0.3, -0.25) is 14.4 Å². The van der Waals surface area contributed by atoms with Gasteiger partial charge < -0.3 is 20.9 Å². The lowest BCUT2D eigenvalue weighted by molar-refractivity contribution is -0.131. The number of carbonyl (C=O) groups excluding carboxylic acids is 3. The zero-order valence-electron chi connectivity index (χ0n) is 18.8. The summed E-state index contributed by atoms with van der Waals surface area (Å²) in [6, 6.07) is 6.32. The molecule has 1 aromatic rings. The van der Waals surface area contributed by atoms with Crippen molar-refractivity contribution in [1.29, 1.82) is 0 Å². The molecular weight excluding hydrogens is 412 g/mol. The first-order valence-corrected chi connectivity index (χ1v) is 12.0. The Labute approximate surface area is 188 Å². The van der Waals surface area contributed by atoms with E-state index in [1.807, 2.05) is 24.3 Å². The summed E-state index contributed by atoms with van der Waals surface area (Å²) in [6.45, 7) is 10.2. The molecule has 2 fully saturated rings. The highest BCUT2D eigenvalue weighted by molar-refractivity contribution is 7.99. The van der Waals surface area contributed by atoms with Gasteiger partial charge in [0.05, 0.1) is 0 Å². The van der Waals surface area contributed by atoms with E-state index in [2.05, 4.69) is 43.6 Å².